The van der Waals surface area contributed by atoms with E-state index >= 15 is 0 Å². The molecule has 0 saturated carbocycles. The lowest BCUT2D eigenvalue weighted by atomic mass is 10.2. The van der Waals surface area contributed by atoms with Crippen LogP contribution in [0, 0.1) is 0 Å². The van der Waals surface area contributed by atoms with Crippen molar-refractivity contribution in [2.75, 3.05) is 0 Å². The Bertz CT molecular complexity index is 634. The van der Waals surface area contributed by atoms with Gasteiger partial charge in [-0.2, -0.15) is 0 Å². The first kappa shape index (κ1) is 20.7. The molecule has 8 nitrogen and oxygen atoms in total. The van der Waals surface area contributed by atoms with Crippen molar-refractivity contribution in [2.24, 2.45) is 0 Å². The maximum Gasteiger partial charge on any atom is 0.413 e. The van der Waals surface area contributed by atoms with Crippen LogP contribution in [0.2, 0.25) is 0 Å². The highest BCUT2D eigenvalue weighted by Crippen LogP contribution is 2.59. The number of carbonyl (C=O) groups excluding carboxylic acids is 1. The molecule has 0 fully saturated rings. The van der Waals surface area contributed by atoms with Gasteiger partial charge in [0, 0.05) is 0 Å². The third-order valence-electron chi connectivity index (χ3n) is 3.03. The maximum absolute atomic E-state index is 12.2. The second kappa shape index (κ2) is 8.18. The number of nitrogens with zero attached hydrogens (tertiary/aromatic N) is 1. The number of amides is 1. The number of rotatable bonds is 7. The van der Waals surface area contributed by atoms with Gasteiger partial charge in [-0.3, -0.25) is 9.46 Å². The van der Waals surface area contributed by atoms with Crippen molar-refractivity contribution in [2.45, 2.75) is 30.2 Å². The van der Waals surface area contributed by atoms with Crippen LogP contribution >= 0.6 is 30.8 Å². The minimum absolute atomic E-state index is 0.141. The zero-order valence-corrected chi connectivity index (χ0v) is 14.9. The molecule has 0 bridgehead atoms. The Labute approximate surface area is 148 Å². The minimum Gasteiger partial charge on any atom is -0.480 e. The lowest BCUT2D eigenvalue weighted by molar-refractivity contribution is -0.143. The number of carbonyl (C=O) groups is 2. The third kappa shape index (κ3) is 4.84. The average Bonchev–Trinajstić information content (AvgIpc) is 2.49. The number of carboxylic acids is 1. The maximum atomic E-state index is 12.2. The number of ether oxygens (including phenoxy) is 1. The molecule has 1 aromatic rings. The predicted octanol–water partition coefficient (Wildman–Crippen LogP) is 2.76. The van der Waals surface area contributed by atoms with Crippen LogP contribution in [0.3, 0.4) is 0 Å². The summed E-state index contributed by atoms with van der Waals surface area (Å²) in [5.74, 6) is -1.53. The Morgan fingerprint density at radius 2 is 1.83 bits per heavy atom. The first-order valence-corrected chi connectivity index (χ1v) is 9.05. The molecular weight excluding hydrogens is 384 g/mol. The summed E-state index contributed by atoms with van der Waals surface area (Å²) < 4.78 is 13.3. The Balaban J connectivity index is 3.10. The number of benzene rings is 1. The molecule has 0 radical (unpaired) electrons. The first-order chi connectivity index (χ1) is 11.0. The van der Waals surface area contributed by atoms with Crippen LogP contribution in [0.1, 0.15) is 18.9 Å². The van der Waals surface area contributed by atoms with Crippen molar-refractivity contribution < 1.29 is 33.8 Å². The molecule has 0 aliphatic heterocycles. The lowest BCUT2D eigenvalue weighted by Gasteiger charge is -2.36. The van der Waals surface area contributed by atoms with Crippen molar-refractivity contribution in [3.63, 3.8) is 0 Å². The van der Waals surface area contributed by atoms with E-state index in [1.807, 2.05) is 0 Å². The van der Waals surface area contributed by atoms with Gasteiger partial charge in [0.2, 0.25) is 0 Å². The van der Waals surface area contributed by atoms with Gasteiger partial charge >= 0.3 is 19.7 Å². The van der Waals surface area contributed by atoms with Gasteiger partial charge in [0.1, 0.15) is 12.6 Å². The van der Waals surface area contributed by atoms with Gasteiger partial charge in [0.05, 0.1) is 0 Å². The largest absolute Gasteiger partial charge is 0.480 e. The van der Waals surface area contributed by atoms with Crippen LogP contribution in [-0.2, 0) is 20.7 Å². The van der Waals surface area contributed by atoms with Crippen LogP contribution < -0.4 is 0 Å². The fourth-order valence-electron chi connectivity index (χ4n) is 1.82. The number of alkyl halides is 2. The molecule has 0 aliphatic rings. The molecule has 0 saturated heterocycles. The smallest absolute Gasteiger partial charge is 0.413 e. The molecule has 11 heteroatoms. The predicted molar refractivity (Wildman–Crippen MR) is 86.7 cm³/mol. The summed E-state index contributed by atoms with van der Waals surface area (Å²) in [6, 6.07) is 6.72. The number of carboxylic acid groups (broad SMARTS) is 1. The van der Waals surface area contributed by atoms with E-state index in [1.54, 1.807) is 30.3 Å². The Morgan fingerprint density at radius 3 is 2.25 bits per heavy atom. The normalized spacial score (nSPS) is 13.2. The SMILES string of the molecule is CCC(C(=O)O)N(C(=O)OCc1ccccc1)C(Cl)(Cl)P(=O)(O)O. The van der Waals surface area contributed by atoms with E-state index in [2.05, 4.69) is 0 Å². The molecule has 1 unspecified atom stereocenters. The second-order valence-electron chi connectivity index (χ2n) is 4.73. The monoisotopic (exact) mass is 399 g/mol. The van der Waals surface area contributed by atoms with E-state index in [-0.39, 0.29) is 17.9 Å². The summed E-state index contributed by atoms with van der Waals surface area (Å²) in [5.41, 5.74) is 0.583. The van der Waals surface area contributed by atoms with Gasteiger partial charge in [0.15, 0.2) is 0 Å². The molecule has 0 spiro atoms. The van der Waals surface area contributed by atoms with Crippen LogP contribution in [0.25, 0.3) is 0 Å². The quantitative estimate of drug-likeness (QED) is 0.365. The van der Waals surface area contributed by atoms with Gasteiger partial charge in [-0.1, -0.05) is 60.5 Å². The van der Waals surface area contributed by atoms with E-state index in [0.717, 1.165) is 0 Å². The zero-order chi connectivity index (χ0) is 18.5. The lowest BCUT2D eigenvalue weighted by Crippen LogP contribution is -2.53. The topological polar surface area (TPSA) is 124 Å². The standard InChI is InChI=1S/C13H16Cl2NO7P/c1-2-10(11(17)18)16(13(14,15)24(20,21)22)12(19)23-8-9-6-4-3-5-7-9/h3-7,10H,2,8H2,1H3,(H,17,18)(H2,20,21,22). The average molecular weight is 400 g/mol. The van der Waals surface area contributed by atoms with Crippen LogP contribution in [0.15, 0.2) is 30.3 Å². The van der Waals surface area contributed by atoms with E-state index in [0.29, 0.717) is 5.56 Å². The van der Waals surface area contributed by atoms with Crippen LogP contribution in [0.4, 0.5) is 4.79 Å². The van der Waals surface area contributed by atoms with Gasteiger partial charge < -0.3 is 19.6 Å². The third-order valence-corrected chi connectivity index (χ3v) is 5.63. The van der Waals surface area contributed by atoms with Crippen molar-refractivity contribution >= 4 is 42.9 Å². The van der Waals surface area contributed by atoms with E-state index in [4.69, 9.17) is 27.9 Å². The van der Waals surface area contributed by atoms with Crippen molar-refractivity contribution in [1.82, 2.24) is 4.90 Å². The fourth-order valence-corrected chi connectivity index (χ4v) is 2.70. The number of aliphatic carboxylic acids is 1. The minimum atomic E-state index is -5.29. The van der Waals surface area contributed by atoms with E-state index in [1.165, 1.54) is 6.92 Å². The first-order valence-electron chi connectivity index (χ1n) is 6.68. The fraction of sp³-hybridized carbons (Fsp3) is 0.385. The number of hydrogen-bond acceptors (Lipinski definition) is 4. The van der Waals surface area contributed by atoms with Gasteiger partial charge in [-0.15, -0.1) is 0 Å². The highest BCUT2D eigenvalue weighted by Gasteiger charge is 2.55. The summed E-state index contributed by atoms with van der Waals surface area (Å²) in [6.45, 7) is 1.14. The van der Waals surface area contributed by atoms with Crippen LogP contribution in [-0.4, -0.2) is 42.1 Å². The molecule has 1 amide bonds. The highest BCUT2D eigenvalue weighted by molar-refractivity contribution is 7.58. The molecule has 3 N–H and O–H groups in total. The molecule has 0 aromatic heterocycles. The van der Waals surface area contributed by atoms with E-state index < -0.39 is 29.9 Å². The summed E-state index contributed by atoms with van der Waals surface area (Å²) >= 11 is 11.3. The van der Waals surface area contributed by atoms with Crippen molar-refractivity contribution in [1.29, 1.82) is 0 Å². The molecule has 24 heavy (non-hydrogen) atoms. The highest BCUT2D eigenvalue weighted by atomic mass is 35.5. The van der Waals surface area contributed by atoms with Crippen molar-refractivity contribution in [3.8, 4) is 0 Å². The van der Waals surface area contributed by atoms with Crippen LogP contribution in [0.5, 0.6) is 0 Å². The summed E-state index contributed by atoms with van der Waals surface area (Å²) in [5, 5.41) is 9.19. The molecule has 0 aliphatic carbocycles. The number of hydrogen-bond donors (Lipinski definition) is 3. The van der Waals surface area contributed by atoms with Gasteiger partial charge in [0.25, 0.3) is 4.20 Å². The molecular formula is C13H16Cl2NO7P. The second-order valence-corrected chi connectivity index (χ2v) is 8.28. The number of halogens is 2. The van der Waals surface area contributed by atoms with Crippen molar-refractivity contribution in [3.05, 3.63) is 35.9 Å². The Kier molecular flexibility index (Phi) is 7.07. The summed E-state index contributed by atoms with van der Waals surface area (Å²) in [6.07, 6.45) is -1.56. The van der Waals surface area contributed by atoms with Gasteiger partial charge in [-0.25, -0.2) is 9.59 Å². The van der Waals surface area contributed by atoms with E-state index in [9.17, 15) is 29.0 Å². The summed E-state index contributed by atoms with van der Waals surface area (Å²) in [4.78, 5) is 42.3. The van der Waals surface area contributed by atoms with Gasteiger partial charge in [-0.05, 0) is 12.0 Å². The summed E-state index contributed by atoms with van der Waals surface area (Å²) in [7, 11) is -5.29. The Hall–Kier alpha value is -1.31. The Morgan fingerprint density at radius 1 is 1.29 bits per heavy atom. The molecule has 1 atom stereocenters. The molecule has 134 valence electrons. The molecule has 0 heterocycles. The molecule has 1 rings (SSSR count). The zero-order valence-electron chi connectivity index (χ0n) is 12.5. The molecule has 1 aromatic carbocycles.